The van der Waals surface area contributed by atoms with Gasteiger partial charge >= 0.3 is 23.9 Å². The van der Waals surface area contributed by atoms with Crippen molar-refractivity contribution in [2.75, 3.05) is 26.2 Å². The van der Waals surface area contributed by atoms with Crippen molar-refractivity contribution in [3.05, 3.63) is 35.4 Å². The number of carbonyl (C=O) groups excluding carboxylic acids is 4. The fourth-order valence-corrected chi connectivity index (χ4v) is 2.72. The average molecular weight is 332 g/mol. The summed E-state index contributed by atoms with van der Waals surface area (Å²) in [6.07, 6.45) is 0. The highest BCUT2D eigenvalue weighted by molar-refractivity contribution is 5.90. The molecule has 2 aliphatic heterocycles. The molecule has 3 rings (SSSR count). The van der Waals surface area contributed by atoms with Gasteiger partial charge in [0.25, 0.3) is 0 Å². The van der Waals surface area contributed by atoms with Crippen LogP contribution in [0.3, 0.4) is 0 Å². The van der Waals surface area contributed by atoms with Crippen LogP contribution in [0, 0.1) is 0 Å². The molecule has 2 saturated heterocycles. The molecular formula is C16H16N2O6. The van der Waals surface area contributed by atoms with Gasteiger partial charge in [-0.15, -0.1) is 0 Å². The summed E-state index contributed by atoms with van der Waals surface area (Å²) >= 11 is 0. The topological polar surface area (TPSA) is 93.2 Å². The number of carbonyl (C=O) groups is 4. The third-order valence-electron chi connectivity index (χ3n) is 3.70. The van der Waals surface area contributed by atoms with Gasteiger partial charge in [-0.2, -0.15) is 0 Å². The van der Waals surface area contributed by atoms with Gasteiger partial charge in [-0.1, -0.05) is 24.3 Å². The highest BCUT2D eigenvalue weighted by Gasteiger charge is 2.25. The van der Waals surface area contributed by atoms with Gasteiger partial charge in [0.15, 0.2) is 0 Å². The fraction of sp³-hybridized carbons (Fsp3) is 0.375. The average Bonchev–Trinajstić information content (AvgIpc) is 2.47. The maximum Gasteiger partial charge on any atom is 0.327 e. The van der Waals surface area contributed by atoms with Gasteiger partial charge in [0.1, 0.15) is 0 Å². The van der Waals surface area contributed by atoms with Crippen LogP contribution in [0.4, 0.5) is 0 Å². The van der Waals surface area contributed by atoms with Crippen LogP contribution in [0.2, 0.25) is 0 Å². The smallest absolute Gasteiger partial charge is 0.327 e. The van der Waals surface area contributed by atoms with Gasteiger partial charge in [-0.3, -0.25) is 29.0 Å². The van der Waals surface area contributed by atoms with E-state index < -0.39 is 23.9 Å². The van der Waals surface area contributed by atoms with Gasteiger partial charge in [-0.25, -0.2) is 0 Å². The summed E-state index contributed by atoms with van der Waals surface area (Å²) in [4.78, 5) is 48.4. The van der Waals surface area contributed by atoms with Crippen molar-refractivity contribution in [1.29, 1.82) is 0 Å². The minimum absolute atomic E-state index is 0.0888. The Kier molecular flexibility index (Phi) is 4.68. The Morgan fingerprint density at radius 3 is 1.21 bits per heavy atom. The Balaban J connectivity index is 1.57. The SMILES string of the molecule is O=C1CN(Cc2ccc(CN3CC(=O)OC(=O)C3)cc2)CC(=O)O1. The van der Waals surface area contributed by atoms with Crippen LogP contribution < -0.4 is 0 Å². The number of rotatable bonds is 4. The van der Waals surface area contributed by atoms with Gasteiger partial charge in [0, 0.05) is 13.1 Å². The molecule has 1 aromatic carbocycles. The largest absolute Gasteiger partial charge is 0.391 e. The molecule has 0 radical (unpaired) electrons. The van der Waals surface area contributed by atoms with Crippen molar-refractivity contribution in [2.24, 2.45) is 0 Å². The maximum absolute atomic E-state index is 11.2. The minimum Gasteiger partial charge on any atom is -0.391 e. The van der Waals surface area contributed by atoms with E-state index in [0.717, 1.165) is 11.1 Å². The standard InChI is InChI=1S/C16H16N2O6/c19-13-7-17(8-14(20)23-13)5-11-1-2-12(4-3-11)6-18-9-15(21)24-16(22)10-18/h1-4H,5-10H2. The Morgan fingerprint density at radius 2 is 0.917 bits per heavy atom. The zero-order chi connectivity index (χ0) is 17.1. The quantitative estimate of drug-likeness (QED) is 0.536. The van der Waals surface area contributed by atoms with E-state index in [-0.39, 0.29) is 26.2 Å². The summed E-state index contributed by atoms with van der Waals surface area (Å²) in [6, 6.07) is 7.57. The third kappa shape index (κ3) is 4.24. The zero-order valence-corrected chi connectivity index (χ0v) is 12.9. The summed E-state index contributed by atoms with van der Waals surface area (Å²) in [5.41, 5.74) is 1.91. The molecule has 0 amide bonds. The van der Waals surface area contributed by atoms with E-state index in [2.05, 4.69) is 9.47 Å². The van der Waals surface area contributed by atoms with Gasteiger partial charge < -0.3 is 9.47 Å². The zero-order valence-electron chi connectivity index (χ0n) is 12.9. The summed E-state index contributed by atoms with van der Waals surface area (Å²) in [5, 5.41) is 0. The van der Waals surface area contributed by atoms with Gasteiger partial charge in [-0.05, 0) is 11.1 Å². The van der Waals surface area contributed by atoms with Crippen molar-refractivity contribution in [1.82, 2.24) is 9.80 Å². The first-order valence-corrected chi connectivity index (χ1v) is 7.47. The first-order valence-electron chi connectivity index (χ1n) is 7.47. The Morgan fingerprint density at radius 1 is 0.625 bits per heavy atom. The summed E-state index contributed by atoms with van der Waals surface area (Å²) in [5.74, 6) is -2.15. The number of benzene rings is 1. The van der Waals surface area contributed by atoms with Crippen LogP contribution in [0.1, 0.15) is 11.1 Å². The molecule has 1 aromatic rings. The maximum atomic E-state index is 11.2. The van der Waals surface area contributed by atoms with Crippen molar-refractivity contribution < 1.29 is 28.7 Å². The predicted octanol–water partition coefficient (Wildman–Crippen LogP) is -0.543. The molecule has 0 saturated carbocycles. The second-order valence-corrected chi connectivity index (χ2v) is 5.80. The third-order valence-corrected chi connectivity index (χ3v) is 3.70. The second-order valence-electron chi connectivity index (χ2n) is 5.80. The fourth-order valence-electron chi connectivity index (χ4n) is 2.72. The molecule has 0 aromatic heterocycles. The number of hydrogen-bond acceptors (Lipinski definition) is 8. The van der Waals surface area contributed by atoms with Crippen LogP contribution >= 0.6 is 0 Å². The first kappa shape index (κ1) is 16.3. The lowest BCUT2D eigenvalue weighted by Gasteiger charge is -2.25. The van der Waals surface area contributed by atoms with Crippen molar-refractivity contribution in [3.8, 4) is 0 Å². The van der Waals surface area contributed by atoms with Crippen LogP contribution in [0.15, 0.2) is 24.3 Å². The molecule has 2 fully saturated rings. The second kappa shape index (κ2) is 6.90. The van der Waals surface area contributed by atoms with Crippen LogP contribution in [0.5, 0.6) is 0 Å². The van der Waals surface area contributed by atoms with E-state index in [1.165, 1.54) is 0 Å². The number of nitrogens with zero attached hydrogens (tertiary/aromatic N) is 2. The molecule has 8 nitrogen and oxygen atoms in total. The lowest BCUT2D eigenvalue weighted by Crippen LogP contribution is -2.42. The summed E-state index contributed by atoms with van der Waals surface area (Å²) < 4.78 is 8.97. The van der Waals surface area contributed by atoms with Crippen LogP contribution in [-0.4, -0.2) is 59.9 Å². The molecule has 24 heavy (non-hydrogen) atoms. The molecule has 0 spiro atoms. The van der Waals surface area contributed by atoms with E-state index in [1.54, 1.807) is 9.80 Å². The first-order chi connectivity index (χ1) is 11.5. The van der Waals surface area contributed by atoms with E-state index in [4.69, 9.17) is 0 Å². The van der Waals surface area contributed by atoms with Crippen LogP contribution in [-0.2, 0) is 41.7 Å². The monoisotopic (exact) mass is 332 g/mol. The summed E-state index contributed by atoms with van der Waals surface area (Å²) in [6.45, 7) is 1.29. The molecule has 2 aliphatic rings. The Bertz CT molecular complexity index is 593. The molecule has 126 valence electrons. The van der Waals surface area contributed by atoms with Gasteiger partial charge in [0.05, 0.1) is 26.2 Å². The highest BCUT2D eigenvalue weighted by Crippen LogP contribution is 2.12. The molecule has 0 unspecified atom stereocenters. The Labute approximate surface area is 137 Å². The van der Waals surface area contributed by atoms with E-state index in [1.807, 2.05) is 24.3 Å². The molecular weight excluding hydrogens is 316 g/mol. The lowest BCUT2D eigenvalue weighted by molar-refractivity contribution is -0.168. The summed E-state index contributed by atoms with van der Waals surface area (Å²) in [7, 11) is 0. The van der Waals surface area contributed by atoms with Crippen LogP contribution in [0.25, 0.3) is 0 Å². The normalized spacial score (nSPS) is 20.0. The van der Waals surface area contributed by atoms with Crippen molar-refractivity contribution in [3.63, 3.8) is 0 Å². The minimum atomic E-state index is -0.537. The molecule has 8 heteroatoms. The predicted molar refractivity (Wildman–Crippen MR) is 79.2 cm³/mol. The van der Waals surface area contributed by atoms with E-state index in [0.29, 0.717) is 13.1 Å². The van der Waals surface area contributed by atoms with Crippen molar-refractivity contribution >= 4 is 23.9 Å². The van der Waals surface area contributed by atoms with Crippen molar-refractivity contribution in [2.45, 2.75) is 13.1 Å². The lowest BCUT2D eigenvalue weighted by atomic mass is 10.1. The Hall–Kier alpha value is -2.58. The molecule has 0 atom stereocenters. The number of esters is 4. The number of cyclic esters (lactones) is 4. The van der Waals surface area contributed by atoms with E-state index in [9.17, 15) is 19.2 Å². The van der Waals surface area contributed by atoms with E-state index >= 15 is 0 Å². The molecule has 0 bridgehead atoms. The van der Waals surface area contributed by atoms with Gasteiger partial charge in [0.2, 0.25) is 0 Å². The number of ether oxygens (including phenoxy) is 2. The highest BCUT2D eigenvalue weighted by atomic mass is 16.6. The molecule has 2 heterocycles. The number of morpholine rings is 2. The molecule has 0 aliphatic carbocycles. The number of hydrogen-bond donors (Lipinski definition) is 0. The molecule has 0 N–H and O–H groups in total.